The second-order valence-electron chi connectivity index (χ2n) is 6.25. The zero-order valence-corrected chi connectivity index (χ0v) is 13.3. The van der Waals surface area contributed by atoms with Crippen molar-refractivity contribution in [2.75, 3.05) is 12.4 Å². The number of rotatable bonds is 3. The Labute approximate surface area is 140 Å². The van der Waals surface area contributed by atoms with Crippen LogP contribution in [0.4, 0.5) is 11.4 Å². The van der Waals surface area contributed by atoms with E-state index in [1.807, 2.05) is 18.2 Å². The zero-order chi connectivity index (χ0) is 16.7. The minimum atomic E-state index is -0.342. The van der Waals surface area contributed by atoms with Gasteiger partial charge in [-0.2, -0.15) is 0 Å². The van der Waals surface area contributed by atoms with Crippen molar-refractivity contribution < 1.29 is 9.66 Å². The van der Waals surface area contributed by atoms with Crippen molar-refractivity contribution in [1.82, 2.24) is 0 Å². The second-order valence-corrected chi connectivity index (χ2v) is 6.25. The van der Waals surface area contributed by atoms with Gasteiger partial charge in [0.15, 0.2) is 0 Å². The van der Waals surface area contributed by atoms with Crippen LogP contribution < -0.4 is 10.1 Å². The van der Waals surface area contributed by atoms with Gasteiger partial charge in [-0.3, -0.25) is 10.1 Å². The molecule has 4 rings (SSSR count). The zero-order valence-electron chi connectivity index (χ0n) is 13.3. The molecule has 2 aromatic rings. The Bertz CT molecular complexity index is 831. The molecule has 2 aliphatic rings. The molecular formula is C19H18N2O3. The number of hydrogen-bond donors (Lipinski definition) is 1. The van der Waals surface area contributed by atoms with E-state index in [1.54, 1.807) is 19.2 Å². The molecule has 1 heterocycles. The number of para-hydroxylation sites is 1. The summed E-state index contributed by atoms with van der Waals surface area (Å²) in [5.41, 5.74) is 3.29. The topological polar surface area (TPSA) is 64.4 Å². The lowest BCUT2D eigenvalue weighted by molar-refractivity contribution is -0.384. The summed E-state index contributed by atoms with van der Waals surface area (Å²) in [5, 5.41) is 14.7. The van der Waals surface area contributed by atoms with Crippen molar-refractivity contribution in [2.45, 2.75) is 18.4 Å². The molecule has 122 valence electrons. The van der Waals surface area contributed by atoms with Gasteiger partial charge >= 0.3 is 0 Å². The molecule has 2 aromatic carbocycles. The number of allylic oxidation sites excluding steroid dienone is 2. The van der Waals surface area contributed by atoms with Crippen molar-refractivity contribution in [3.05, 3.63) is 75.9 Å². The predicted molar refractivity (Wildman–Crippen MR) is 92.4 cm³/mol. The Morgan fingerprint density at radius 3 is 2.88 bits per heavy atom. The molecule has 24 heavy (non-hydrogen) atoms. The predicted octanol–water partition coefficient (Wildman–Crippen LogP) is 4.43. The van der Waals surface area contributed by atoms with Crippen LogP contribution in [-0.2, 0) is 0 Å². The molecule has 0 fully saturated rings. The number of nitrogens with one attached hydrogen (secondary N) is 1. The molecule has 0 spiro atoms. The fourth-order valence-electron chi connectivity index (χ4n) is 3.92. The molecular weight excluding hydrogens is 304 g/mol. The Hall–Kier alpha value is -2.82. The SMILES string of the molecule is COc1cccc2c1N[C@@H](c1cccc([N+](=O)[O-])c1)[C@H]1CC=C[C@@H]21. The van der Waals surface area contributed by atoms with Gasteiger partial charge < -0.3 is 10.1 Å². The third kappa shape index (κ3) is 2.24. The lowest BCUT2D eigenvalue weighted by Crippen LogP contribution is -2.29. The first kappa shape index (κ1) is 14.8. The van der Waals surface area contributed by atoms with Crippen LogP contribution in [-0.4, -0.2) is 12.0 Å². The Kier molecular flexibility index (Phi) is 3.49. The van der Waals surface area contributed by atoms with Crippen molar-refractivity contribution >= 4 is 11.4 Å². The average molecular weight is 322 g/mol. The molecule has 1 aliphatic carbocycles. The smallest absolute Gasteiger partial charge is 0.269 e. The number of benzene rings is 2. The lowest BCUT2D eigenvalue weighted by atomic mass is 9.77. The standard InChI is InChI=1S/C19H18N2O3/c1-24-17-10-4-9-16-14-7-3-8-15(14)18(20-19(16)17)12-5-2-6-13(11-12)21(22)23/h2-7,9-11,14-15,18,20H,8H2,1H3/t14-,15+,18+/m1/s1. The van der Waals surface area contributed by atoms with Crippen molar-refractivity contribution in [1.29, 1.82) is 0 Å². The van der Waals surface area contributed by atoms with Crippen LogP contribution in [0, 0.1) is 16.0 Å². The average Bonchev–Trinajstić information content (AvgIpc) is 3.10. The molecule has 0 saturated heterocycles. The number of hydrogen-bond acceptors (Lipinski definition) is 4. The van der Waals surface area contributed by atoms with Gasteiger partial charge in [0, 0.05) is 18.1 Å². The Morgan fingerprint density at radius 2 is 2.08 bits per heavy atom. The summed E-state index contributed by atoms with van der Waals surface area (Å²) in [6.07, 6.45) is 5.41. The van der Waals surface area contributed by atoms with Crippen LogP contribution in [0.3, 0.4) is 0 Å². The molecule has 5 heteroatoms. The molecule has 0 aromatic heterocycles. The molecule has 0 amide bonds. The lowest BCUT2D eigenvalue weighted by Gasteiger charge is -2.38. The Morgan fingerprint density at radius 1 is 1.25 bits per heavy atom. The number of non-ortho nitro benzene ring substituents is 1. The molecule has 0 bridgehead atoms. The first-order valence-corrected chi connectivity index (χ1v) is 8.03. The van der Waals surface area contributed by atoms with Crippen molar-refractivity contribution in [3.8, 4) is 5.75 Å². The van der Waals surface area contributed by atoms with E-state index in [2.05, 4.69) is 23.5 Å². The van der Waals surface area contributed by atoms with Gasteiger partial charge in [0.2, 0.25) is 0 Å². The number of nitrogens with zero attached hydrogens (tertiary/aromatic N) is 1. The summed E-state index contributed by atoms with van der Waals surface area (Å²) in [6, 6.07) is 13.0. The van der Waals surface area contributed by atoms with Crippen LogP contribution in [0.1, 0.15) is 29.5 Å². The number of methoxy groups -OCH3 is 1. The van der Waals surface area contributed by atoms with Gasteiger partial charge in [0.25, 0.3) is 5.69 Å². The summed E-state index contributed by atoms with van der Waals surface area (Å²) in [5.74, 6) is 1.47. The minimum Gasteiger partial charge on any atom is -0.495 e. The number of nitro groups is 1. The maximum absolute atomic E-state index is 11.1. The Balaban J connectivity index is 1.80. The van der Waals surface area contributed by atoms with Gasteiger partial charge in [0.1, 0.15) is 5.75 Å². The summed E-state index contributed by atoms with van der Waals surface area (Å²) >= 11 is 0. The van der Waals surface area contributed by atoms with Gasteiger partial charge in [0.05, 0.1) is 23.8 Å². The van der Waals surface area contributed by atoms with E-state index in [1.165, 1.54) is 11.6 Å². The van der Waals surface area contributed by atoms with Crippen molar-refractivity contribution in [3.63, 3.8) is 0 Å². The van der Waals surface area contributed by atoms with Gasteiger partial charge in [-0.1, -0.05) is 36.4 Å². The minimum absolute atomic E-state index is 0.0219. The monoisotopic (exact) mass is 322 g/mol. The number of fused-ring (bicyclic) bond motifs is 3. The maximum Gasteiger partial charge on any atom is 0.269 e. The normalized spacial score (nSPS) is 24.0. The third-order valence-corrected chi connectivity index (χ3v) is 5.02. The summed E-state index contributed by atoms with van der Waals surface area (Å²) in [7, 11) is 1.66. The summed E-state index contributed by atoms with van der Waals surface area (Å²) in [6.45, 7) is 0. The van der Waals surface area contributed by atoms with Gasteiger partial charge in [-0.05, 0) is 29.5 Å². The van der Waals surface area contributed by atoms with E-state index < -0.39 is 0 Å². The van der Waals surface area contributed by atoms with Crippen LogP contribution in [0.5, 0.6) is 5.75 Å². The highest BCUT2D eigenvalue weighted by Gasteiger charge is 2.39. The second kappa shape index (κ2) is 5.67. The van der Waals surface area contributed by atoms with Gasteiger partial charge in [-0.15, -0.1) is 0 Å². The van der Waals surface area contributed by atoms with Crippen LogP contribution in [0.15, 0.2) is 54.6 Å². The quantitative estimate of drug-likeness (QED) is 0.516. The molecule has 3 atom stereocenters. The summed E-state index contributed by atoms with van der Waals surface area (Å²) < 4.78 is 5.51. The third-order valence-electron chi connectivity index (χ3n) is 5.02. The molecule has 5 nitrogen and oxygen atoms in total. The highest BCUT2D eigenvalue weighted by Crippen LogP contribution is 2.52. The molecule has 0 radical (unpaired) electrons. The van der Waals surface area contributed by atoms with Gasteiger partial charge in [-0.25, -0.2) is 0 Å². The first-order valence-electron chi connectivity index (χ1n) is 8.03. The van der Waals surface area contributed by atoms with Crippen molar-refractivity contribution in [2.24, 2.45) is 5.92 Å². The van der Waals surface area contributed by atoms with E-state index in [9.17, 15) is 10.1 Å². The number of ether oxygens (including phenoxy) is 1. The molecule has 1 N–H and O–H groups in total. The first-order chi connectivity index (χ1) is 11.7. The van der Waals surface area contributed by atoms with E-state index in [0.717, 1.165) is 23.4 Å². The number of nitro benzene ring substituents is 1. The highest BCUT2D eigenvalue weighted by molar-refractivity contribution is 5.67. The molecule has 0 saturated carbocycles. The number of anilines is 1. The highest BCUT2D eigenvalue weighted by atomic mass is 16.6. The van der Waals surface area contributed by atoms with E-state index in [0.29, 0.717) is 11.8 Å². The molecule has 0 unspecified atom stereocenters. The van der Waals surface area contributed by atoms with Crippen LogP contribution in [0.2, 0.25) is 0 Å². The summed E-state index contributed by atoms with van der Waals surface area (Å²) in [4.78, 5) is 10.8. The van der Waals surface area contributed by atoms with Crippen LogP contribution in [0.25, 0.3) is 0 Å². The maximum atomic E-state index is 11.1. The van der Waals surface area contributed by atoms with E-state index in [-0.39, 0.29) is 16.7 Å². The fourth-order valence-corrected chi connectivity index (χ4v) is 3.92. The molecule has 1 aliphatic heterocycles. The largest absolute Gasteiger partial charge is 0.495 e. The van der Waals surface area contributed by atoms with E-state index in [4.69, 9.17) is 4.74 Å². The van der Waals surface area contributed by atoms with Crippen LogP contribution >= 0.6 is 0 Å². The van der Waals surface area contributed by atoms with E-state index >= 15 is 0 Å². The fraction of sp³-hybridized carbons (Fsp3) is 0.263.